The van der Waals surface area contributed by atoms with E-state index in [0.717, 1.165) is 11.3 Å². The van der Waals surface area contributed by atoms with Crippen LogP contribution in [-0.4, -0.2) is 45.6 Å². The number of fused-ring (bicyclic) bond motifs is 1. The number of nitriles is 1. The third kappa shape index (κ3) is 4.36. The van der Waals surface area contributed by atoms with Gasteiger partial charge in [0.25, 0.3) is 5.91 Å². The van der Waals surface area contributed by atoms with Crippen LogP contribution in [0.4, 0.5) is 11.5 Å². The summed E-state index contributed by atoms with van der Waals surface area (Å²) in [5, 5.41) is 12.4. The van der Waals surface area contributed by atoms with Gasteiger partial charge in [0, 0.05) is 31.9 Å². The molecule has 8 nitrogen and oxygen atoms in total. The minimum absolute atomic E-state index is 0.00408. The van der Waals surface area contributed by atoms with Gasteiger partial charge in [0.2, 0.25) is 0 Å². The number of amides is 1. The van der Waals surface area contributed by atoms with Crippen LogP contribution < -0.4 is 5.32 Å². The highest BCUT2D eigenvalue weighted by Crippen LogP contribution is 2.22. The third-order valence-electron chi connectivity index (χ3n) is 4.42. The molecule has 0 bridgehead atoms. The summed E-state index contributed by atoms with van der Waals surface area (Å²) in [6, 6.07) is 9.13. The Morgan fingerprint density at radius 3 is 2.53 bits per heavy atom. The fourth-order valence-electron chi connectivity index (χ4n) is 2.81. The molecule has 0 atom stereocenters. The first-order valence-electron chi connectivity index (χ1n) is 9.39. The van der Waals surface area contributed by atoms with Crippen molar-refractivity contribution in [2.75, 3.05) is 19.4 Å². The first kappa shape index (κ1) is 20.7. The van der Waals surface area contributed by atoms with Gasteiger partial charge in [-0.15, -0.1) is 0 Å². The number of H-pyrrole nitrogens is 1. The van der Waals surface area contributed by atoms with Crippen LogP contribution in [0.3, 0.4) is 0 Å². The molecule has 0 aliphatic rings. The van der Waals surface area contributed by atoms with E-state index in [2.05, 4.69) is 20.3 Å². The molecule has 2 heterocycles. The molecule has 2 aromatic heterocycles. The number of ketones is 1. The Balaban J connectivity index is 1.83. The van der Waals surface area contributed by atoms with E-state index in [1.54, 1.807) is 44.7 Å². The molecular formula is C22H22N6O2. The molecule has 3 aromatic rings. The summed E-state index contributed by atoms with van der Waals surface area (Å²) in [4.78, 5) is 37.5. The Bertz CT molecular complexity index is 1170. The Morgan fingerprint density at radius 1 is 1.23 bits per heavy atom. The molecule has 0 radical (unpaired) electrons. The van der Waals surface area contributed by atoms with Crippen molar-refractivity contribution in [2.45, 2.75) is 13.8 Å². The van der Waals surface area contributed by atoms with Crippen molar-refractivity contribution in [3.63, 3.8) is 0 Å². The number of nitrogens with zero attached hydrogens (tertiary/aromatic N) is 4. The fraction of sp³-hybridized carbons (Fsp3) is 0.227. The molecule has 3 rings (SSSR count). The fourth-order valence-corrected chi connectivity index (χ4v) is 2.81. The summed E-state index contributed by atoms with van der Waals surface area (Å²) in [6.07, 6.45) is 4.76. The molecule has 0 aliphatic heterocycles. The van der Waals surface area contributed by atoms with Crippen molar-refractivity contribution in [3.8, 4) is 6.07 Å². The molecule has 0 unspecified atom stereocenters. The van der Waals surface area contributed by atoms with Gasteiger partial charge in [0.1, 0.15) is 23.0 Å². The molecule has 30 heavy (non-hydrogen) atoms. The normalized spacial score (nSPS) is 11.4. The van der Waals surface area contributed by atoms with E-state index >= 15 is 0 Å². The molecule has 1 amide bonds. The Labute approximate surface area is 174 Å². The summed E-state index contributed by atoms with van der Waals surface area (Å²) < 4.78 is 0. The quantitative estimate of drug-likeness (QED) is 0.370. The second-order valence-electron chi connectivity index (χ2n) is 7.29. The van der Waals surface area contributed by atoms with Crippen LogP contribution in [0, 0.1) is 17.2 Å². The van der Waals surface area contributed by atoms with Crippen molar-refractivity contribution < 1.29 is 9.59 Å². The molecule has 1 aromatic carbocycles. The SMILES string of the molecule is CC(C)C(=O)c1c[nH]c2ncc(Nc3ccc(/C=C(\C#N)C(=O)N(C)C)cc3)nc12. The van der Waals surface area contributed by atoms with Crippen LogP contribution in [0.15, 0.2) is 42.2 Å². The van der Waals surface area contributed by atoms with Crippen LogP contribution in [-0.2, 0) is 4.79 Å². The topological polar surface area (TPSA) is 115 Å². The van der Waals surface area contributed by atoms with Crippen molar-refractivity contribution >= 4 is 40.4 Å². The standard InChI is InChI=1S/C22H22N6O2/c1-13(2)20(29)17-11-24-21-19(17)27-18(12-25-21)26-16-7-5-14(6-8-16)9-15(10-23)22(30)28(3)4/h5-9,11-13H,1-4H3,(H,24,25)(H,26,27)/b15-9+. The van der Waals surface area contributed by atoms with Crippen molar-refractivity contribution in [1.82, 2.24) is 19.9 Å². The van der Waals surface area contributed by atoms with Gasteiger partial charge in [-0.1, -0.05) is 26.0 Å². The molecule has 8 heteroatoms. The number of carbonyl (C=O) groups is 2. The summed E-state index contributed by atoms with van der Waals surface area (Å²) in [6.45, 7) is 3.69. The first-order valence-corrected chi connectivity index (χ1v) is 9.39. The summed E-state index contributed by atoms with van der Waals surface area (Å²) in [5.41, 5.74) is 3.15. The van der Waals surface area contributed by atoms with Crippen LogP contribution >= 0.6 is 0 Å². The average molecular weight is 402 g/mol. The molecule has 2 N–H and O–H groups in total. The molecule has 0 saturated heterocycles. The van der Waals surface area contributed by atoms with Crippen LogP contribution in [0.5, 0.6) is 0 Å². The largest absolute Gasteiger partial charge is 0.344 e. The highest BCUT2D eigenvalue weighted by Gasteiger charge is 2.17. The summed E-state index contributed by atoms with van der Waals surface area (Å²) in [7, 11) is 3.20. The van der Waals surface area contributed by atoms with Crippen molar-refractivity contribution in [2.24, 2.45) is 5.92 Å². The predicted octanol–water partition coefficient (Wildman–Crippen LogP) is 3.54. The predicted molar refractivity (Wildman–Crippen MR) is 115 cm³/mol. The number of aromatic amines is 1. The second-order valence-corrected chi connectivity index (χ2v) is 7.29. The molecular weight excluding hydrogens is 380 g/mol. The van der Waals surface area contributed by atoms with Gasteiger partial charge in [-0.2, -0.15) is 5.26 Å². The number of hydrogen-bond donors (Lipinski definition) is 2. The lowest BCUT2D eigenvalue weighted by Gasteiger charge is -2.09. The number of benzene rings is 1. The smallest absolute Gasteiger partial charge is 0.264 e. The number of rotatable bonds is 6. The zero-order chi connectivity index (χ0) is 21.8. The Kier molecular flexibility index (Phi) is 5.93. The third-order valence-corrected chi connectivity index (χ3v) is 4.42. The van der Waals surface area contributed by atoms with Gasteiger partial charge in [-0.05, 0) is 23.8 Å². The zero-order valence-corrected chi connectivity index (χ0v) is 17.2. The number of carbonyl (C=O) groups excluding carboxylic acids is 2. The highest BCUT2D eigenvalue weighted by atomic mass is 16.2. The summed E-state index contributed by atoms with van der Waals surface area (Å²) >= 11 is 0. The number of nitrogens with one attached hydrogen (secondary N) is 2. The number of Topliss-reactive ketones (excluding diaryl/α,β-unsaturated/α-hetero) is 1. The molecule has 152 valence electrons. The second kappa shape index (κ2) is 8.57. The number of hydrogen-bond acceptors (Lipinski definition) is 6. The minimum atomic E-state index is -0.346. The number of aromatic nitrogens is 3. The Hall–Kier alpha value is -3.99. The molecule has 0 fully saturated rings. The van der Waals surface area contributed by atoms with Gasteiger partial charge in [0.05, 0.1) is 11.8 Å². The van der Waals surface area contributed by atoms with Gasteiger partial charge in [0.15, 0.2) is 11.4 Å². The van der Waals surface area contributed by atoms with E-state index < -0.39 is 0 Å². The Morgan fingerprint density at radius 2 is 1.93 bits per heavy atom. The lowest BCUT2D eigenvalue weighted by molar-refractivity contribution is -0.124. The van der Waals surface area contributed by atoms with Gasteiger partial charge < -0.3 is 15.2 Å². The minimum Gasteiger partial charge on any atom is -0.344 e. The lowest BCUT2D eigenvalue weighted by atomic mass is 10.0. The zero-order valence-electron chi connectivity index (χ0n) is 17.2. The van der Waals surface area contributed by atoms with E-state index in [0.29, 0.717) is 22.5 Å². The van der Waals surface area contributed by atoms with Crippen LogP contribution in [0.2, 0.25) is 0 Å². The van der Waals surface area contributed by atoms with Crippen molar-refractivity contribution in [1.29, 1.82) is 5.26 Å². The molecule has 0 spiro atoms. The highest BCUT2D eigenvalue weighted by molar-refractivity contribution is 6.06. The van der Waals surface area contributed by atoms with Crippen LogP contribution in [0.25, 0.3) is 17.2 Å². The first-order chi connectivity index (χ1) is 14.3. The maximum Gasteiger partial charge on any atom is 0.264 e. The van der Waals surface area contributed by atoms with E-state index in [4.69, 9.17) is 0 Å². The van der Waals surface area contributed by atoms with E-state index in [-0.39, 0.29) is 23.2 Å². The summed E-state index contributed by atoms with van der Waals surface area (Å²) in [5.74, 6) is 0.0235. The van der Waals surface area contributed by atoms with E-state index in [1.807, 2.05) is 32.0 Å². The van der Waals surface area contributed by atoms with Gasteiger partial charge in [-0.3, -0.25) is 9.59 Å². The number of likely N-dealkylation sites (N-methyl/N-ethyl adjacent to an activating group) is 1. The van der Waals surface area contributed by atoms with E-state index in [9.17, 15) is 14.9 Å². The molecule has 0 aliphatic carbocycles. The van der Waals surface area contributed by atoms with E-state index in [1.165, 1.54) is 4.90 Å². The monoisotopic (exact) mass is 402 g/mol. The lowest BCUT2D eigenvalue weighted by Crippen LogP contribution is -2.22. The number of anilines is 2. The maximum atomic E-state index is 12.4. The van der Waals surface area contributed by atoms with Gasteiger partial charge >= 0.3 is 0 Å². The van der Waals surface area contributed by atoms with Crippen LogP contribution in [0.1, 0.15) is 29.8 Å². The van der Waals surface area contributed by atoms with Crippen molar-refractivity contribution in [3.05, 3.63) is 53.4 Å². The average Bonchev–Trinajstić information content (AvgIpc) is 3.15. The maximum absolute atomic E-state index is 12.4. The van der Waals surface area contributed by atoms with Gasteiger partial charge in [-0.25, -0.2) is 9.97 Å². The molecule has 0 saturated carbocycles.